The van der Waals surface area contributed by atoms with E-state index < -0.39 is 17.7 Å². The first kappa shape index (κ1) is 21.2. The second-order valence-corrected chi connectivity index (χ2v) is 6.36. The summed E-state index contributed by atoms with van der Waals surface area (Å²) in [7, 11) is 0. The van der Waals surface area contributed by atoms with Gasteiger partial charge in [-0.2, -0.15) is 0 Å². The fourth-order valence-electron chi connectivity index (χ4n) is 2.17. The van der Waals surface area contributed by atoms with Crippen molar-refractivity contribution in [2.75, 3.05) is 13.2 Å². The molecule has 0 heterocycles. The molecule has 0 aliphatic heterocycles. The van der Waals surface area contributed by atoms with Gasteiger partial charge in [-0.1, -0.05) is 31.0 Å². The number of ether oxygens (including phenoxy) is 1. The van der Waals surface area contributed by atoms with Crippen molar-refractivity contribution in [1.82, 2.24) is 16.2 Å². The molecule has 0 fully saturated rings. The van der Waals surface area contributed by atoms with Crippen molar-refractivity contribution in [3.8, 4) is 5.75 Å². The van der Waals surface area contributed by atoms with E-state index in [1.807, 2.05) is 0 Å². The SMILES string of the molecule is CCCCOc1ccc(C(=O)NCC(=O)NNC(=O)c2cccc(Cl)c2)cc1. The van der Waals surface area contributed by atoms with Gasteiger partial charge in [0.05, 0.1) is 13.2 Å². The second kappa shape index (κ2) is 10.9. The van der Waals surface area contributed by atoms with Crippen LogP contribution in [0.4, 0.5) is 0 Å². The van der Waals surface area contributed by atoms with Crippen LogP contribution in [0.25, 0.3) is 0 Å². The van der Waals surface area contributed by atoms with Crippen molar-refractivity contribution < 1.29 is 19.1 Å². The lowest BCUT2D eigenvalue weighted by Crippen LogP contribution is -2.46. The second-order valence-electron chi connectivity index (χ2n) is 5.92. The van der Waals surface area contributed by atoms with E-state index in [4.69, 9.17) is 16.3 Å². The minimum atomic E-state index is -0.566. The highest BCUT2D eigenvalue weighted by Gasteiger charge is 2.10. The molecule has 0 saturated carbocycles. The van der Waals surface area contributed by atoms with E-state index in [1.165, 1.54) is 6.07 Å². The number of rotatable bonds is 8. The molecular formula is C20H22ClN3O4. The molecule has 3 amide bonds. The van der Waals surface area contributed by atoms with Crippen LogP contribution in [0.5, 0.6) is 5.75 Å². The Balaban J connectivity index is 1.74. The van der Waals surface area contributed by atoms with Crippen LogP contribution < -0.4 is 20.9 Å². The summed E-state index contributed by atoms with van der Waals surface area (Å²) in [6.45, 7) is 2.42. The lowest BCUT2D eigenvalue weighted by molar-refractivity contribution is -0.120. The highest BCUT2D eigenvalue weighted by atomic mass is 35.5. The van der Waals surface area contributed by atoms with Crippen LogP contribution in [0.1, 0.15) is 40.5 Å². The van der Waals surface area contributed by atoms with E-state index in [0.29, 0.717) is 28.5 Å². The van der Waals surface area contributed by atoms with Gasteiger partial charge in [-0.3, -0.25) is 25.2 Å². The topological polar surface area (TPSA) is 96.5 Å². The number of halogens is 1. The minimum Gasteiger partial charge on any atom is -0.494 e. The third kappa shape index (κ3) is 6.92. The van der Waals surface area contributed by atoms with Gasteiger partial charge in [0, 0.05) is 16.1 Å². The van der Waals surface area contributed by atoms with Crippen LogP contribution >= 0.6 is 11.6 Å². The molecule has 3 N–H and O–H groups in total. The number of carbonyl (C=O) groups excluding carboxylic acids is 3. The first-order valence-electron chi connectivity index (χ1n) is 8.85. The minimum absolute atomic E-state index is 0.288. The molecule has 7 nitrogen and oxygen atoms in total. The van der Waals surface area contributed by atoms with Gasteiger partial charge < -0.3 is 10.1 Å². The molecule has 0 aromatic heterocycles. The highest BCUT2D eigenvalue weighted by Crippen LogP contribution is 2.13. The molecule has 2 aromatic carbocycles. The number of hydrazine groups is 1. The molecule has 0 radical (unpaired) electrons. The molecule has 0 saturated heterocycles. The summed E-state index contributed by atoms with van der Waals surface area (Å²) in [5.74, 6) is -0.799. The standard InChI is InChI=1S/C20H22ClN3O4/c1-2-3-11-28-17-9-7-14(8-10-17)19(26)22-13-18(25)23-24-20(27)15-5-4-6-16(21)12-15/h4-10,12H,2-3,11,13H2,1H3,(H,22,26)(H,23,25)(H,24,27). The number of unbranched alkanes of at least 4 members (excludes halogenated alkanes) is 1. The number of nitrogens with one attached hydrogen (secondary N) is 3. The van der Waals surface area contributed by atoms with Gasteiger partial charge in [-0.25, -0.2) is 0 Å². The quantitative estimate of drug-likeness (QED) is 0.466. The van der Waals surface area contributed by atoms with Gasteiger partial charge in [-0.15, -0.1) is 0 Å². The largest absolute Gasteiger partial charge is 0.494 e. The highest BCUT2D eigenvalue weighted by molar-refractivity contribution is 6.30. The van der Waals surface area contributed by atoms with Crippen molar-refractivity contribution in [1.29, 1.82) is 0 Å². The Morgan fingerprint density at radius 1 is 0.964 bits per heavy atom. The lowest BCUT2D eigenvalue weighted by Gasteiger charge is -2.09. The summed E-state index contributed by atoms with van der Waals surface area (Å²) in [5.41, 5.74) is 5.19. The predicted octanol–water partition coefficient (Wildman–Crippen LogP) is 2.71. The third-order valence-corrected chi connectivity index (χ3v) is 3.93. The van der Waals surface area contributed by atoms with Crippen molar-refractivity contribution in [2.24, 2.45) is 0 Å². The summed E-state index contributed by atoms with van der Waals surface area (Å²) in [5, 5.41) is 2.89. The molecule has 2 aromatic rings. The van der Waals surface area contributed by atoms with Gasteiger partial charge in [0.1, 0.15) is 5.75 Å². The Morgan fingerprint density at radius 3 is 2.39 bits per heavy atom. The van der Waals surface area contributed by atoms with E-state index in [-0.39, 0.29) is 6.54 Å². The zero-order chi connectivity index (χ0) is 20.4. The summed E-state index contributed by atoms with van der Waals surface area (Å²) < 4.78 is 5.53. The van der Waals surface area contributed by atoms with Crippen molar-refractivity contribution in [3.63, 3.8) is 0 Å². The number of amides is 3. The van der Waals surface area contributed by atoms with Crippen molar-refractivity contribution in [3.05, 3.63) is 64.7 Å². The Hall–Kier alpha value is -3.06. The molecule has 0 bridgehead atoms. The first-order valence-corrected chi connectivity index (χ1v) is 9.23. The van der Waals surface area contributed by atoms with E-state index in [9.17, 15) is 14.4 Å². The maximum absolute atomic E-state index is 12.1. The van der Waals surface area contributed by atoms with Gasteiger partial charge in [0.15, 0.2) is 0 Å². The van der Waals surface area contributed by atoms with Crippen LogP contribution in [0.3, 0.4) is 0 Å². The summed E-state index contributed by atoms with van der Waals surface area (Å²) in [4.78, 5) is 35.8. The van der Waals surface area contributed by atoms with Gasteiger partial charge >= 0.3 is 0 Å². The summed E-state index contributed by atoms with van der Waals surface area (Å²) >= 11 is 5.81. The van der Waals surface area contributed by atoms with Crippen LogP contribution in [-0.2, 0) is 4.79 Å². The van der Waals surface area contributed by atoms with E-state index >= 15 is 0 Å². The third-order valence-electron chi connectivity index (χ3n) is 3.69. The molecule has 8 heteroatoms. The van der Waals surface area contributed by atoms with Gasteiger partial charge in [0.2, 0.25) is 0 Å². The van der Waals surface area contributed by atoms with Crippen LogP contribution in [-0.4, -0.2) is 30.9 Å². The van der Waals surface area contributed by atoms with Crippen LogP contribution in [0, 0.1) is 0 Å². The van der Waals surface area contributed by atoms with Gasteiger partial charge in [-0.05, 0) is 48.9 Å². The monoisotopic (exact) mass is 403 g/mol. The van der Waals surface area contributed by atoms with Crippen molar-refractivity contribution >= 4 is 29.3 Å². The molecule has 2 rings (SSSR count). The molecule has 0 unspecified atom stereocenters. The van der Waals surface area contributed by atoms with E-state index in [2.05, 4.69) is 23.1 Å². The number of carbonyl (C=O) groups is 3. The Morgan fingerprint density at radius 2 is 1.71 bits per heavy atom. The summed E-state index contributed by atoms with van der Waals surface area (Å²) in [6, 6.07) is 12.9. The summed E-state index contributed by atoms with van der Waals surface area (Å²) in [6.07, 6.45) is 2.01. The molecule has 148 valence electrons. The lowest BCUT2D eigenvalue weighted by atomic mass is 10.2. The molecule has 0 spiro atoms. The Bertz CT molecular complexity index is 824. The van der Waals surface area contributed by atoms with Crippen LogP contribution in [0.2, 0.25) is 5.02 Å². The predicted molar refractivity (Wildman–Crippen MR) is 106 cm³/mol. The average molecular weight is 404 g/mol. The zero-order valence-electron chi connectivity index (χ0n) is 15.5. The van der Waals surface area contributed by atoms with Gasteiger partial charge in [0.25, 0.3) is 17.7 Å². The number of benzene rings is 2. The molecule has 0 aliphatic rings. The Kier molecular flexibility index (Phi) is 8.30. The molecule has 0 aliphatic carbocycles. The molecule has 0 atom stereocenters. The smallest absolute Gasteiger partial charge is 0.269 e. The fourth-order valence-corrected chi connectivity index (χ4v) is 2.36. The Labute approximate surface area is 168 Å². The zero-order valence-corrected chi connectivity index (χ0v) is 16.2. The molecular weight excluding hydrogens is 382 g/mol. The number of hydrogen-bond donors (Lipinski definition) is 3. The average Bonchev–Trinajstić information content (AvgIpc) is 2.71. The van der Waals surface area contributed by atoms with E-state index in [0.717, 1.165) is 12.8 Å². The number of hydrogen-bond acceptors (Lipinski definition) is 4. The maximum atomic E-state index is 12.1. The first-order chi connectivity index (χ1) is 13.5. The fraction of sp³-hybridized carbons (Fsp3) is 0.250. The van der Waals surface area contributed by atoms with Crippen LogP contribution in [0.15, 0.2) is 48.5 Å². The molecule has 28 heavy (non-hydrogen) atoms. The maximum Gasteiger partial charge on any atom is 0.269 e. The van der Waals surface area contributed by atoms with E-state index in [1.54, 1.807) is 42.5 Å². The normalized spacial score (nSPS) is 10.1. The van der Waals surface area contributed by atoms with Crippen molar-refractivity contribution in [2.45, 2.75) is 19.8 Å².